The summed E-state index contributed by atoms with van der Waals surface area (Å²) in [4.78, 5) is 0. The Morgan fingerprint density at radius 2 is 2.30 bits per heavy atom. The van der Waals surface area contributed by atoms with Gasteiger partial charge in [0, 0.05) is 23.6 Å². The van der Waals surface area contributed by atoms with Gasteiger partial charge in [-0.1, -0.05) is 0 Å². The average Bonchev–Trinajstić information content (AvgIpc) is 1.89. The minimum Gasteiger partial charge on any atom is -0.316 e. The maximum absolute atomic E-state index is 3.56. The van der Waals surface area contributed by atoms with Gasteiger partial charge in [-0.2, -0.15) is 11.8 Å². The molecule has 2 aliphatic rings. The van der Waals surface area contributed by atoms with Crippen molar-refractivity contribution in [3.63, 3.8) is 0 Å². The molecule has 0 aromatic heterocycles. The minimum absolute atomic E-state index is 0.817. The topological polar surface area (TPSA) is 24.1 Å². The van der Waals surface area contributed by atoms with E-state index in [9.17, 15) is 0 Å². The third-order valence-corrected chi connectivity index (χ3v) is 3.70. The quantitative estimate of drug-likeness (QED) is 0.521. The Bertz CT molecular complexity index is 104. The molecule has 3 heteroatoms. The first-order valence-corrected chi connectivity index (χ1v) is 5.07. The van der Waals surface area contributed by atoms with Crippen molar-refractivity contribution in [2.45, 2.75) is 17.7 Å². The fourth-order valence-electron chi connectivity index (χ4n) is 1.47. The number of hydrogen-bond acceptors (Lipinski definition) is 3. The van der Waals surface area contributed by atoms with Crippen LogP contribution in [-0.2, 0) is 0 Å². The number of fused-ring (bicyclic) bond motifs is 1. The van der Waals surface area contributed by atoms with E-state index < -0.39 is 0 Å². The van der Waals surface area contributed by atoms with Crippen LogP contribution in [0.1, 0.15) is 6.42 Å². The van der Waals surface area contributed by atoms with Crippen LogP contribution in [0, 0.1) is 0 Å². The van der Waals surface area contributed by atoms with Gasteiger partial charge >= 0.3 is 0 Å². The summed E-state index contributed by atoms with van der Waals surface area (Å²) in [7, 11) is 0. The zero-order chi connectivity index (χ0) is 6.81. The van der Waals surface area contributed by atoms with Crippen molar-refractivity contribution < 1.29 is 0 Å². The molecule has 2 unspecified atom stereocenters. The third-order valence-electron chi connectivity index (χ3n) is 2.22. The number of hydrogen-bond donors (Lipinski definition) is 2. The molecular formula is C7H14N2S. The summed E-state index contributed by atoms with van der Waals surface area (Å²) >= 11 is 2.09. The molecule has 0 spiro atoms. The van der Waals surface area contributed by atoms with Gasteiger partial charge in [-0.15, -0.1) is 0 Å². The van der Waals surface area contributed by atoms with E-state index >= 15 is 0 Å². The highest BCUT2D eigenvalue weighted by atomic mass is 32.2. The van der Waals surface area contributed by atoms with Crippen molar-refractivity contribution in [3.05, 3.63) is 0 Å². The number of thioether (sulfide) groups is 1. The summed E-state index contributed by atoms with van der Waals surface area (Å²) in [6.07, 6.45) is 1.29. The molecule has 2 saturated heterocycles. The first-order valence-electron chi connectivity index (χ1n) is 4.02. The molecule has 0 aromatic rings. The Morgan fingerprint density at radius 1 is 1.30 bits per heavy atom. The summed E-state index contributed by atoms with van der Waals surface area (Å²) in [5, 5.41) is 7.88. The van der Waals surface area contributed by atoms with E-state index in [1.165, 1.54) is 31.8 Å². The first-order chi connectivity index (χ1) is 4.97. The SMILES string of the molecule is C1CNCC2SCC2NC1. The summed E-state index contributed by atoms with van der Waals surface area (Å²) in [5.41, 5.74) is 0. The van der Waals surface area contributed by atoms with Crippen LogP contribution in [0.25, 0.3) is 0 Å². The first kappa shape index (κ1) is 6.95. The zero-order valence-electron chi connectivity index (χ0n) is 6.10. The highest BCUT2D eigenvalue weighted by Crippen LogP contribution is 2.28. The largest absolute Gasteiger partial charge is 0.316 e. The lowest BCUT2D eigenvalue weighted by molar-refractivity contribution is 0.444. The molecule has 0 saturated carbocycles. The normalized spacial score (nSPS) is 40.8. The molecule has 2 rings (SSSR count). The van der Waals surface area contributed by atoms with Crippen LogP contribution < -0.4 is 10.6 Å². The van der Waals surface area contributed by atoms with E-state index in [1.54, 1.807) is 0 Å². The van der Waals surface area contributed by atoms with E-state index in [4.69, 9.17) is 0 Å². The second-order valence-corrected chi connectivity index (χ2v) is 4.26. The van der Waals surface area contributed by atoms with Crippen molar-refractivity contribution in [1.29, 1.82) is 0 Å². The summed E-state index contributed by atoms with van der Waals surface area (Å²) < 4.78 is 0. The van der Waals surface area contributed by atoms with Gasteiger partial charge in [0.1, 0.15) is 0 Å². The van der Waals surface area contributed by atoms with Crippen LogP contribution in [-0.4, -0.2) is 36.7 Å². The lowest BCUT2D eigenvalue weighted by Gasteiger charge is -2.38. The molecule has 10 heavy (non-hydrogen) atoms. The predicted molar refractivity (Wildman–Crippen MR) is 45.5 cm³/mol. The molecule has 2 fully saturated rings. The van der Waals surface area contributed by atoms with Gasteiger partial charge in [-0.3, -0.25) is 0 Å². The number of nitrogens with one attached hydrogen (secondary N) is 2. The minimum atomic E-state index is 0.817. The second kappa shape index (κ2) is 3.11. The zero-order valence-corrected chi connectivity index (χ0v) is 6.91. The van der Waals surface area contributed by atoms with Crippen LogP contribution in [0.3, 0.4) is 0 Å². The van der Waals surface area contributed by atoms with Gasteiger partial charge in [0.15, 0.2) is 0 Å². The highest BCUT2D eigenvalue weighted by molar-refractivity contribution is 8.01. The van der Waals surface area contributed by atoms with Crippen molar-refractivity contribution in [2.75, 3.05) is 25.4 Å². The Kier molecular flexibility index (Phi) is 2.16. The standard InChI is InChI=1S/C7H14N2S/c1-2-8-4-7-6(5-10-7)9-3-1/h6-9H,1-5H2. The average molecular weight is 158 g/mol. The summed E-state index contributed by atoms with van der Waals surface area (Å²) in [6.45, 7) is 3.60. The van der Waals surface area contributed by atoms with Gasteiger partial charge in [-0.05, 0) is 19.5 Å². The van der Waals surface area contributed by atoms with E-state index in [0.29, 0.717) is 0 Å². The van der Waals surface area contributed by atoms with Crippen molar-refractivity contribution >= 4 is 11.8 Å². The Morgan fingerprint density at radius 3 is 3.10 bits per heavy atom. The van der Waals surface area contributed by atoms with Crippen LogP contribution in [0.4, 0.5) is 0 Å². The second-order valence-electron chi connectivity index (χ2n) is 2.99. The van der Waals surface area contributed by atoms with Crippen LogP contribution in [0.2, 0.25) is 0 Å². The molecule has 0 aliphatic carbocycles. The maximum Gasteiger partial charge on any atom is 0.0334 e. The molecule has 0 aromatic carbocycles. The van der Waals surface area contributed by atoms with Crippen molar-refractivity contribution in [3.8, 4) is 0 Å². The molecule has 2 nitrogen and oxygen atoms in total. The fourth-order valence-corrected chi connectivity index (χ4v) is 2.57. The van der Waals surface area contributed by atoms with Gasteiger partial charge < -0.3 is 10.6 Å². The van der Waals surface area contributed by atoms with Crippen molar-refractivity contribution in [2.24, 2.45) is 0 Å². The molecule has 0 amide bonds. The van der Waals surface area contributed by atoms with Crippen LogP contribution >= 0.6 is 11.8 Å². The molecule has 2 heterocycles. The predicted octanol–water partition coefficient (Wildman–Crippen LogP) is 0.0533. The number of rotatable bonds is 0. The van der Waals surface area contributed by atoms with Gasteiger partial charge in [0.05, 0.1) is 0 Å². The third kappa shape index (κ3) is 1.31. The smallest absolute Gasteiger partial charge is 0.0334 e. The Hall–Kier alpha value is 0.270. The van der Waals surface area contributed by atoms with Gasteiger partial charge in [0.2, 0.25) is 0 Å². The molecule has 0 radical (unpaired) electrons. The Labute approximate surface area is 66.1 Å². The lowest BCUT2D eigenvalue weighted by atomic mass is 10.2. The summed E-state index contributed by atoms with van der Waals surface area (Å²) in [5.74, 6) is 1.33. The highest BCUT2D eigenvalue weighted by Gasteiger charge is 2.31. The maximum atomic E-state index is 3.56. The molecule has 2 atom stereocenters. The molecule has 0 bridgehead atoms. The lowest BCUT2D eigenvalue weighted by Crippen LogP contribution is -2.54. The van der Waals surface area contributed by atoms with E-state index in [2.05, 4.69) is 22.4 Å². The molecule has 58 valence electrons. The monoisotopic (exact) mass is 158 g/mol. The Balaban J connectivity index is 1.83. The van der Waals surface area contributed by atoms with Gasteiger partial charge in [-0.25, -0.2) is 0 Å². The molecular weight excluding hydrogens is 144 g/mol. The van der Waals surface area contributed by atoms with Crippen molar-refractivity contribution in [1.82, 2.24) is 10.6 Å². The van der Waals surface area contributed by atoms with Gasteiger partial charge in [0.25, 0.3) is 0 Å². The van der Waals surface area contributed by atoms with E-state index in [0.717, 1.165) is 11.3 Å². The van der Waals surface area contributed by atoms with E-state index in [1.807, 2.05) is 0 Å². The fraction of sp³-hybridized carbons (Fsp3) is 1.00. The summed E-state index contributed by atoms with van der Waals surface area (Å²) in [6, 6.07) is 0.817. The van der Waals surface area contributed by atoms with Crippen LogP contribution in [0.15, 0.2) is 0 Å². The van der Waals surface area contributed by atoms with Crippen LogP contribution in [0.5, 0.6) is 0 Å². The molecule has 2 N–H and O–H groups in total. The van der Waals surface area contributed by atoms with E-state index in [-0.39, 0.29) is 0 Å². The molecule has 2 aliphatic heterocycles.